The van der Waals surface area contributed by atoms with Gasteiger partial charge in [0.1, 0.15) is 10.9 Å². The van der Waals surface area contributed by atoms with Crippen LogP contribution in [-0.4, -0.2) is 22.0 Å². The fraction of sp³-hybridized carbons (Fsp3) is 0.750. The number of nitrogens with zero attached hydrogens (tertiary/aromatic N) is 2. The number of aromatic nitrogens is 2. The maximum absolute atomic E-state index is 11.1. The summed E-state index contributed by atoms with van der Waals surface area (Å²) in [6, 6.07) is 0. The van der Waals surface area contributed by atoms with Crippen LogP contribution in [-0.2, 0) is 11.2 Å². The summed E-state index contributed by atoms with van der Waals surface area (Å²) in [5.74, 6) is 0.576. The van der Waals surface area contributed by atoms with Crippen LogP contribution in [0.2, 0.25) is 0 Å². The molecule has 1 aliphatic rings. The SMILES string of the molecule is O=C(CCl)Nc1nnc(CCC2CCCCC2)s1. The molecule has 0 bridgehead atoms. The van der Waals surface area contributed by atoms with Crippen molar-refractivity contribution in [3.05, 3.63) is 5.01 Å². The molecule has 0 radical (unpaired) electrons. The number of carbonyl (C=O) groups excluding carboxylic acids is 1. The van der Waals surface area contributed by atoms with Crippen molar-refractivity contribution in [3.8, 4) is 0 Å². The number of halogens is 1. The highest BCUT2D eigenvalue weighted by molar-refractivity contribution is 7.15. The number of amides is 1. The van der Waals surface area contributed by atoms with Gasteiger partial charge < -0.3 is 0 Å². The molecule has 0 spiro atoms. The van der Waals surface area contributed by atoms with Gasteiger partial charge in [-0.2, -0.15) is 0 Å². The minimum absolute atomic E-state index is 0.0447. The molecular formula is C12H18ClN3OS. The molecule has 1 fully saturated rings. The Morgan fingerprint density at radius 2 is 2.11 bits per heavy atom. The molecule has 100 valence electrons. The second-order valence-electron chi connectivity index (χ2n) is 4.73. The largest absolute Gasteiger partial charge is 0.299 e. The third-order valence-electron chi connectivity index (χ3n) is 3.33. The van der Waals surface area contributed by atoms with E-state index in [1.54, 1.807) is 0 Å². The van der Waals surface area contributed by atoms with Crippen LogP contribution >= 0.6 is 22.9 Å². The summed E-state index contributed by atoms with van der Waals surface area (Å²) in [6.07, 6.45) is 9.01. The second kappa shape index (κ2) is 7.04. The number of anilines is 1. The molecule has 18 heavy (non-hydrogen) atoms. The van der Waals surface area contributed by atoms with Crippen molar-refractivity contribution in [2.24, 2.45) is 5.92 Å². The molecule has 1 aromatic rings. The van der Waals surface area contributed by atoms with Crippen LogP contribution in [0, 0.1) is 5.92 Å². The summed E-state index contributed by atoms with van der Waals surface area (Å²) in [6.45, 7) is 0. The van der Waals surface area contributed by atoms with Crippen LogP contribution in [0.15, 0.2) is 0 Å². The number of alkyl halides is 1. The van der Waals surface area contributed by atoms with Gasteiger partial charge >= 0.3 is 0 Å². The monoisotopic (exact) mass is 287 g/mol. The predicted octanol–water partition coefficient (Wildman–Crippen LogP) is 3.23. The number of nitrogens with one attached hydrogen (secondary N) is 1. The lowest BCUT2D eigenvalue weighted by atomic mass is 9.86. The van der Waals surface area contributed by atoms with E-state index in [9.17, 15) is 4.79 Å². The van der Waals surface area contributed by atoms with Crippen molar-refractivity contribution in [1.82, 2.24) is 10.2 Å². The van der Waals surface area contributed by atoms with E-state index in [-0.39, 0.29) is 11.8 Å². The molecule has 1 amide bonds. The molecule has 1 heterocycles. The molecule has 1 saturated carbocycles. The van der Waals surface area contributed by atoms with Crippen LogP contribution < -0.4 is 5.32 Å². The average molecular weight is 288 g/mol. The van der Waals surface area contributed by atoms with Gasteiger partial charge in [0.2, 0.25) is 11.0 Å². The van der Waals surface area contributed by atoms with Crippen molar-refractivity contribution < 1.29 is 4.79 Å². The topological polar surface area (TPSA) is 54.9 Å². The summed E-state index contributed by atoms with van der Waals surface area (Å²) in [7, 11) is 0. The van der Waals surface area contributed by atoms with E-state index < -0.39 is 0 Å². The molecule has 2 rings (SSSR count). The molecule has 1 aliphatic carbocycles. The van der Waals surface area contributed by atoms with Crippen LogP contribution in [0.3, 0.4) is 0 Å². The Balaban J connectivity index is 1.77. The summed E-state index contributed by atoms with van der Waals surface area (Å²) < 4.78 is 0. The van der Waals surface area contributed by atoms with Crippen LogP contribution in [0.1, 0.15) is 43.5 Å². The Morgan fingerprint density at radius 1 is 1.33 bits per heavy atom. The van der Waals surface area contributed by atoms with Gasteiger partial charge in [-0.3, -0.25) is 10.1 Å². The average Bonchev–Trinajstić information content (AvgIpc) is 2.85. The Morgan fingerprint density at radius 3 is 2.83 bits per heavy atom. The molecular weight excluding hydrogens is 270 g/mol. The maximum Gasteiger partial charge on any atom is 0.241 e. The van der Waals surface area contributed by atoms with Crippen molar-refractivity contribution in [2.75, 3.05) is 11.2 Å². The first kappa shape index (κ1) is 13.7. The normalized spacial score (nSPS) is 16.7. The number of carbonyl (C=O) groups is 1. The lowest BCUT2D eigenvalue weighted by Crippen LogP contribution is -2.12. The zero-order valence-electron chi connectivity index (χ0n) is 10.3. The Labute approximate surface area is 116 Å². The molecule has 0 aliphatic heterocycles. The Bertz CT molecular complexity index is 390. The van der Waals surface area contributed by atoms with Crippen LogP contribution in [0.4, 0.5) is 5.13 Å². The van der Waals surface area contributed by atoms with Gasteiger partial charge in [0, 0.05) is 6.42 Å². The summed E-state index contributed by atoms with van der Waals surface area (Å²) in [5.41, 5.74) is 0. The highest BCUT2D eigenvalue weighted by Crippen LogP contribution is 2.28. The number of hydrogen-bond acceptors (Lipinski definition) is 4. The molecule has 0 unspecified atom stereocenters. The first-order valence-corrected chi connectivity index (χ1v) is 7.81. The van der Waals surface area contributed by atoms with Crippen molar-refractivity contribution in [3.63, 3.8) is 0 Å². The van der Waals surface area contributed by atoms with Crippen molar-refractivity contribution in [2.45, 2.75) is 44.9 Å². The molecule has 6 heteroatoms. The lowest BCUT2D eigenvalue weighted by molar-refractivity contribution is -0.113. The minimum Gasteiger partial charge on any atom is -0.299 e. The van der Waals surface area contributed by atoms with Crippen LogP contribution in [0.5, 0.6) is 0 Å². The van der Waals surface area contributed by atoms with Crippen molar-refractivity contribution >= 4 is 34.0 Å². The first-order chi connectivity index (χ1) is 8.78. The summed E-state index contributed by atoms with van der Waals surface area (Å²) >= 11 is 6.87. The van der Waals surface area contributed by atoms with E-state index in [2.05, 4.69) is 15.5 Å². The fourth-order valence-corrected chi connectivity index (χ4v) is 3.20. The maximum atomic E-state index is 11.1. The number of hydrogen-bond donors (Lipinski definition) is 1. The predicted molar refractivity (Wildman–Crippen MR) is 74.2 cm³/mol. The molecule has 4 nitrogen and oxygen atoms in total. The standard InChI is InChI=1S/C12H18ClN3OS/c13-8-10(17)14-12-16-15-11(18-12)7-6-9-4-2-1-3-5-9/h9H,1-8H2,(H,14,16,17). The second-order valence-corrected chi connectivity index (χ2v) is 6.05. The summed E-state index contributed by atoms with van der Waals surface area (Å²) in [5, 5.41) is 12.2. The van der Waals surface area contributed by atoms with Gasteiger partial charge in [0.05, 0.1) is 0 Å². The molecule has 1 aromatic heterocycles. The zero-order chi connectivity index (χ0) is 12.8. The smallest absolute Gasteiger partial charge is 0.241 e. The lowest BCUT2D eigenvalue weighted by Gasteiger charge is -2.20. The number of rotatable bonds is 5. The van der Waals surface area contributed by atoms with E-state index in [0.717, 1.165) is 17.3 Å². The van der Waals surface area contributed by atoms with E-state index >= 15 is 0 Å². The van der Waals surface area contributed by atoms with Gasteiger partial charge in [0.25, 0.3) is 0 Å². The molecule has 0 atom stereocenters. The fourth-order valence-electron chi connectivity index (χ4n) is 2.36. The van der Waals surface area contributed by atoms with E-state index in [1.165, 1.54) is 49.9 Å². The number of aryl methyl sites for hydroxylation is 1. The van der Waals surface area contributed by atoms with E-state index in [1.807, 2.05) is 0 Å². The van der Waals surface area contributed by atoms with Crippen molar-refractivity contribution in [1.29, 1.82) is 0 Å². The third kappa shape index (κ3) is 4.21. The highest BCUT2D eigenvalue weighted by atomic mass is 35.5. The minimum atomic E-state index is -0.230. The van der Waals surface area contributed by atoms with Crippen LogP contribution in [0.25, 0.3) is 0 Å². The van der Waals surface area contributed by atoms with Gasteiger partial charge in [-0.15, -0.1) is 21.8 Å². The summed E-state index contributed by atoms with van der Waals surface area (Å²) in [4.78, 5) is 11.1. The van der Waals surface area contributed by atoms with E-state index in [0.29, 0.717) is 5.13 Å². The molecule has 1 N–H and O–H groups in total. The quantitative estimate of drug-likeness (QED) is 0.846. The van der Waals surface area contributed by atoms with Gasteiger partial charge in [0.15, 0.2) is 0 Å². The first-order valence-electron chi connectivity index (χ1n) is 6.46. The highest BCUT2D eigenvalue weighted by Gasteiger charge is 2.14. The Kier molecular flexibility index (Phi) is 5.38. The van der Waals surface area contributed by atoms with Gasteiger partial charge in [-0.05, 0) is 12.3 Å². The molecule has 0 saturated heterocycles. The van der Waals surface area contributed by atoms with E-state index in [4.69, 9.17) is 11.6 Å². The third-order valence-corrected chi connectivity index (χ3v) is 4.47. The van der Waals surface area contributed by atoms with Gasteiger partial charge in [-0.25, -0.2) is 0 Å². The van der Waals surface area contributed by atoms with Gasteiger partial charge in [-0.1, -0.05) is 43.4 Å². The Hall–Kier alpha value is -0.680. The molecule has 0 aromatic carbocycles. The zero-order valence-corrected chi connectivity index (χ0v) is 11.9.